The summed E-state index contributed by atoms with van der Waals surface area (Å²) in [6.45, 7) is 2.10. The minimum absolute atomic E-state index is 0. The maximum atomic E-state index is 12.5. The Kier molecular flexibility index (Phi) is 9.36. The van der Waals surface area contributed by atoms with Crippen LogP contribution in [0.25, 0.3) is 0 Å². The van der Waals surface area contributed by atoms with Gasteiger partial charge in [0.1, 0.15) is 5.75 Å². The fourth-order valence-electron chi connectivity index (χ4n) is 3.89. The Labute approximate surface area is 191 Å². The Hall–Kier alpha value is -1.61. The van der Waals surface area contributed by atoms with Gasteiger partial charge in [-0.3, -0.25) is 9.79 Å². The molecular weight excluding hydrogens is 451 g/mol. The molecule has 1 N–H and O–H groups in total. The van der Waals surface area contributed by atoms with Crippen LogP contribution in [0.5, 0.6) is 5.75 Å². The van der Waals surface area contributed by atoms with Gasteiger partial charge in [0.25, 0.3) is 0 Å². The summed E-state index contributed by atoms with van der Waals surface area (Å²) in [4.78, 5) is 19.6. The maximum absolute atomic E-state index is 12.5. The molecule has 31 heavy (non-hydrogen) atoms. The van der Waals surface area contributed by atoms with Crippen LogP contribution in [0.15, 0.2) is 29.3 Å². The van der Waals surface area contributed by atoms with Crippen molar-refractivity contribution in [2.24, 2.45) is 4.99 Å². The molecule has 10 heteroatoms. The monoisotopic (exact) mass is 479 g/mol. The number of thioether (sulfide) groups is 1. The van der Waals surface area contributed by atoms with Gasteiger partial charge in [0.05, 0.1) is 12.1 Å². The quantitative estimate of drug-likeness (QED) is 0.538. The summed E-state index contributed by atoms with van der Waals surface area (Å²) in [5.74, 6) is -0.500. The molecule has 0 radical (unpaired) electrons. The summed E-state index contributed by atoms with van der Waals surface area (Å²) in [6.07, 6.45) is 2.83. The second-order valence-corrected chi connectivity index (χ2v) is 9.23. The van der Waals surface area contributed by atoms with Gasteiger partial charge in [-0.1, -0.05) is 44.4 Å². The Balaban J connectivity index is 0.00000341. The van der Waals surface area contributed by atoms with Crippen LogP contribution in [-0.4, -0.2) is 46.7 Å². The zero-order valence-corrected chi connectivity index (χ0v) is 19.3. The van der Waals surface area contributed by atoms with Gasteiger partial charge in [-0.2, -0.15) is 0 Å². The summed E-state index contributed by atoms with van der Waals surface area (Å²) < 4.78 is 40.6. The maximum Gasteiger partial charge on any atom is 0.573 e. The molecule has 2 unspecified atom stereocenters. The second kappa shape index (κ2) is 11.3. The number of amides is 1. The predicted octanol–water partition coefficient (Wildman–Crippen LogP) is 5.85. The van der Waals surface area contributed by atoms with Crippen molar-refractivity contribution in [3.05, 3.63) is 24.3 Å². The van der Waals surface area contributed by atoms with Crippen molar-refractivity contribution in [2.45, 2.75) is 75.6 Å². The molecule has 2 aliphatic rings. The number of amidine groups is 1. The standard InChI is InChI=1S/C21H28F3N3O2S.ClH/c1-14-18(27(2)20(30-14)26-15-7-5-3-4-6-8-15)13-19(28)25-16-9-11-17(12-10-16)29-21(22,23)24;/h9-12,14-15,18H,3-8,13H2,1-2H3,(H,25,28);1H. The molecule has 5 nitrogen and oxygen atoms in total. The van der Waals surface area contributed by atoms with E-state index < -0.39 is 6.36 Å². The predicted molar refractivity (Wildman–Crippen MR) is 121 cm³/mol. The van der Waals surface area contributed by atoms with E-state index in [1.807, 2.05) is 7.05 Å². The number of hydrogen-bond acceptors (Lipinski definition) is 4. The molecule has 1 saturated heterocycles. The molecule has 3 rings (SSSR count). The minimum Gasteiger partial charge on any atom is -0.406 e. The van der Waals surface area contributed by atoms with Gasteiger partial charge in [0, 0.05) is 24.4 Å². The number of halogens is 4. The van der Waals surface area contributed by atoms with Gasteiger partial charge < -0.3 is 15.0 Å². The molecule has 1 aliphatic heterocycles. The van der Waals surface area contributed by atoms with Gasteiger partial charge in [-0.05, 0) is 37.1 Å². The SMILES string of the molecule is CC1SC(=NC2CCCCCC2)N(C)C1CC(=O)Nc1ccc(OC(F)(F)F)cc1.Cl. The molecule has 1 aromatic rings. The molecule has 1 heterocycles. The summed E-state index contributed by atoms with van der Waals surface area (Å²) in [5, 5.41) is 3.98. The Morgan fingerprint density at radius 1 is 1.19 bits per heavy atom. The zero-order valence-electron chi connectivity index (χ0n) is 17.7. The number of hydrogen-bond donors (Lipinski definition) is 1. The van der Waals surface area contributed by atoms with Crippen LogP contribution in [0.3, 0.4) is 0 Å². The third-order valence-electron chi connectivity index (χ3n) is 5.52. The molecule has 0 spiro atoms. The molecule has 0 bridgehead atoms. The lowest BCUT2D eigenvalue weighted by atomic mass is 10.1. The first-order chi connectivity index (χ1) is 14.2. The Morgan fingerprint density at radius 2 is 1.81 bits per heavy atom. The topological polar surface area (TPSA) is 53.9 Å². The average molecular weight is 480 g/mol. The van der Waals surface area contributed by atoms with Crippen LogP contribution in [0.4, 0.5) is 18.9 Å². The molecular formula is C21H29ClF3N3O2S. The van der Waals surface area contributed by atoms with Crippen LogP contribution in [0, 0.1) is 0 Å². The summed E-state index contributed by atoms with van der Waals surface area (Å²) in [7, 11) is 1.98. The van der Waals surface area contributed by atoms with Crippen molar-refractivity contribution in [2.75, 3.05) is 12.4 Å². The van der Waals surface area contributed by atoms with Gasteiger partial charge in [0.2, 0.25) is 5.91 Å². The van der Waals surface area contributed by atoms with E-state index in [1.165, 1.54) is 49.9 Å². The van der Waals surface area contributed by atoms with Crippen LogP contribution >= 0.6 is 24.2 Å². The lowest BCUT2D eigenvalue weighted by molar-refractivity contribution is -0.274. The fraction of sp³-hybridized carbons (Fsp3) is 0.619. The first-order valence-corrected chi connectivity index (χ1v) is 11.2. The smallest absolute Gasteiger partial charge is 0.406 e. The van der Waals surface area contributed by atoms with Crippen molar-refractivity contribution in [3.63, 3.8) is 0 Å². The molecule has 2 fully saturated rings. The minimum atomic E-state index is -4.73. The normalized spacial score (nSPS) is 23.9. The van der Waals surface area contributed by atoms with E-state index in [0.717, 1.165) is 18.0 Å². The number of ether oxygens (including phenoxy) is 1. The number of nitrogens with zero attached hydrogens (tertiary/aromatic N) is 2. The fourth-order valence-corrected chi connectivity index (χ4v) is 5.17. The lowest BCUT2D eigenvalue weighted by Gasteiger charge is -2.23. The van der Waals surface area contributed by atoms with Crippen molar-refractivity contribution >= 4 is 40.9 Å². The van der Waals surface area contributed by atoms with Crippen molar-refractivity contribution in [1.29, 1.82) is 0 Å². The van der Waals surface area contributed by atoms with Gasteiger partial charge >= 0.3 is 6.36 Å². The Morgan fingerprint density at radius 3 is 2.39 bits per heavy atom. The van der Waals surface area contributed by atoms with Gasteiger partial charge in [-0.25, -0.2) is 0 Å². The van der Waals surface area contributed by atoms with Crippen LogP contribution in [0.2, 0.25) is 0 Å². The highest BCUT2D eigenvalue weighted by atomic mass is 35.5. The molecule has 1 amide bonds. The van der Waals surface area contributed by atoms with E-state index >= 15 is 0 Å². The largest absolute Gasteiger partial charge is 0.573 e. The van der Waals surface area contributed by atoms with Crippen molar-refractivity contribution in [1.82, 2.24) is 4.90 Å². The zero-order chi connectivity index (χ0) is 21.7. The average Bonchev–Trinajstić information content (AvgIpc) is 2.84. The van der Waals surface area contributed by atoms with Crippen LogP contribution in [-0.2, 0) is 4.79 Å². The van der Waals surface area contributed by atoms with E-state index in [0.29, 0.717) is 11.7 Å². The van der Waals surface area contributed by atoms with E-state index in [1.54, 1.807) is 11.8 Å². The van der Waals surface area contributed by atoms with Crippen LogP contribution in [0.1, 0.15) is 51.9 Å². The van der Waals surface area contributed by atoms with Gasteiger partial charge in [-0.15, -0.1) is 25.6 Å². The third kappa shape index (κ3) is 7.79. The number of aliphatic imine (C=N–C) groups is 1. The number of carbonyl (C=O) groups is 1. The highest BCUT2D eigenvalue weighted by Gasteiger charge is 2.36. The van der Waals surface area contributed by atoms with Crippen LogP contribution < -0.4 is 10.1 Å². The van der Waals surface area contributed by atoms with E-state index in [-0.39, 0.29) is 41.8 Å². The van der Waals surface area contributed by atoms with E-state index in [2.05, 4.69) is 21.9 Å². The van der Waals surface area contributed by atoms with E-state index in [4.69, 9.17) is 4.99 Å². The number of nitrogens with one attached hydrogen (secondary N) is 1. The highest BCUT2D eigenvalue weighted by Crippen LogP contribution is 2.34. The number of rotatable bonds is 5. The van der Waals surface area contributed by atoms with E-state index in [9.17, 15) is 18.0 Å². The molecule has 174 valence electrons. The van der Waals surface area contributed by atoms with Crippen molar-refractivity contribution in [3.8, 4) is 5.75 Å². The number of alkyl halides is 3. The first kappa shape index (κ1) is 25.6. The number of carbonyl (C=O) groups excluding carboxylic acids is 1. The second-order valence-electron chi connectivity index (χ2n) is 7.88. The summed E-state index contributed by atoms with van der Waals surface area (Å²) in [6, 6.07) is 5.55. The lowest BCUT2D eigenvalue weighted by Crippen LogP contribution is -2.36. The van der Waals surface area contributed by atoms with Gasteiger partial charge in [0.15, 0.2) is 5.17 Å². The molecule has 1 saturated carbocycles. The third-order valence-corrected chi connectivity index (χ3v) is 6.81. The summed E-state index contributed by atoms with van der Waals surface area (Å²) >= 11 is 1.71. The highest BCUT2D eigenvalue weighted by molar-refractivity contribution is 8.14. The molecule has 2 atom stereocenters. The molecule has 1 aliphatic carbocycles. The Bertz CT molecular complexity index is 753. The molecule has 1 aromatic carbocycles. The number of anilines is 1. The number of benzene rings is 1. The van der Waals surface area contributed by atoms with Crippen molar-refractivity contribution < 1.29 is 22.7 Å². The molecule has 0 aromatic heterocycles. The summed E-state index contributed by atoms with van der Waals surface area (Å²) in [5.41, 5.74) is 0.433. The first-order valence-electron chi connectivity index (χ1n) is 10.3.